The molecule has 27 heavy (non-hydrogen) atoms. The fraction of sp³-hybridized carbons (Fsp3) is 0.316. The summed E-state index contributed by atoms with van der Waals surface area (Å²) in [5, 5.41) is 4.25. The Hall–Kier alpha value is -2.71. The predicted molar refractivity (Wildman–Crippen MR) is 108 cm³/mol. The maximum atomic E-state index is 12.4. The summed E-state index contributed by atoms with van der Waals surface area (Å²) in [6, 6.07) is 7.79. The number of hydrogen-bond donors (Lipinski definition) is 1. The zero-order valence-electron chi connectivity index (χ0n) is 15.6. The Morgan fingerprint density at radius 1 is 1.26 bits per heavy atom. The molecule has 1 aliphatic rings. The first-order valence-electron chi connectivity index (χ1n) is 8.55. The van der Waals surface area contributed by atoms with Gasteiger partial charge >= 0.3 is 0 Å². The first-order valence-corrected chi connectivity index (χ1v) is 8.95. The molecule has 7 nitrogen and oxygen atoms in total. The number of nitrogens with zero attached hydrogens (tertiary/aromatic N) is 3. The monoisotopic (exact) mass is 386 g/mol. The van der Waals surface area contributed by atoms with E-state index < -0.39 is 0 Å². The van der Waals surface area contributed by atoms with Crippen LogP contribution in [0.25, 0.3) is 17.0 Å². The highest BCUT2D eigenvalue weighted by Crippen LogP contribution is 2.27. The van der Waals surface area contributed by atoms with Crippen LogP contribution in [0.1, 0.15) is 5.56 Å². The Morgan fingerprint density at radius 2 is 2.00 bits per heavy atom. The predicted octanol–water partition coefficient (Wildman–Crippen LogP) is 1.43. The molecule has 0 unspecified atom stereocenters. The average Bonchev–Trinajstić information content (AvgIpc) is 3.09. The van der Waals surface area contributed by atoms with Crippen LogP contribution in [0.5, 0.6) is 0 Å². The number of likely N-dealkylation sites (N-methyl/N-ethyl adjacent to an activating group) is 2. The third-order valence-electron chi connectivity index (χ3n) is 4.51. The van der Waals surface area contributed by atoms with Crippen molar-refractivity contribution in [3.63, 3.8) is 0 Å². The normalized spacial score (nSPS) is 16.0. The number of aromatic nitrogens is 1. The van der Waals surface area contributed by atoms with E-state index in [-0.39, 0.29) is 18.4 Å². The van der Waals surface area contributed by atoms with E-state index in [0.717, 1.165) is 16.5 Å². The molecule has 1 saturated heterocycles. The van der Waals surface area contributed by atoms with E-state index in [9.17, 15) is 9.59 Å². The first-order chi connectivity index (χ1) is 12.9. The lowest BCUT2D eigenvalue weighted by Crippen LogP contribution is -2.30. The molecule has 0 bridgehead atoms. The topological polar surface area (TPSA) is 66.8 Å². The molecule has 1 aliphatic heterocycles. The van der Waals surface area contributed by atoms with E-state index in [1.807, 2.05) is 41.1 Å². The van der Waals surface area contributed by atoms with Crippen LogP contribution in [0, 0.1) is 0 Å². The van der Waals surface area contributed by atoms with E-state index in [2.05, 4.69) is 5.32 Å². The van der Waals surface area contributed by atoms with Crippen molar-refractivity contribution in [2.24, 2.45) is 0 Å². The third kappa shape index (κ3) is 3.72. The third-order valence-corrected chi connectivity index (χ3v) is 5.06. The number of nitrogens with one attached hydrogen (secondary N) is 1. The number of amides is 2. The summed E-state index contributed by atoms with van der Waals surface area (Å²) in [5.74, 6) is -0.237. The van der Waals surface area contributed by atoms with Gasteiger partial charge in [-0.25, -0.2) is 0 Å². The Morgan fingerprint density at radius 3 is 2.67 bits per heavy atom. The van der Waals surface area contributed by atoms with Crippen molar-refractivity contribution >= 4 is 46.1 Å². The molecular weight excluding hydrogens is 364 g/mol. The molecule has 0 aliphatic carbocycles. The second-order valence-electron chi connectivity index (χ2n) is 6.31. The van der Waals surface area contributed by atoms with Gasteiger partial charge in [0, 0.05) is 50.4 Å². The van der Waals surface area contributed by atoms with Crippen molar-refractivity contribution in [1.29, 1.82) is 0 Å². The van der Waals surface area contributed by atoms with Crippen LogP contribution in [0.3, 0.4) is 0 Å². The molecule has 1 fully saturated rings. The molecular formula is C19H22N4O3S. The first kappa shape index (κ1) is 19.1. The van der Waals surface area contributed by atoms with E-state index in [1.54, 1.807) is 26.1 Å². The molecule has 0 spiro atoms. The number of benzene rings is 1. The van der Waals surface area contributed by atoms with Gasteiger partial charge in [-0.3, -0.25) is 14.5 Å². The lowest BCUT2D eigenvalue weighted by atomic mass is 10.1. The van der Waals surface area contributed by atoms with Crippen LogP contribution in [0.15, 0.2) is 36.2 Å². The maximum absolute atomic E-state index is 12.4. The molecule has 2 amide bonds. The van der Waals surface area contributed by atoms with Gasteiger partial charge in [0.05, 0.1) is 6.61 Å². The van der Waals surface area contributed by atoms with E-state index in [0.29, 0.717) is 24.0 Å². The summed E-state index contributed by atoms with van der Waals surface area (Å²) < 4.78 is 6.83. The summed E-state index contributed by atoms with van der Waals surface area (Å²) in [7, 11) is 5.03. The number of ether oxygens (including phenoxy) is 1. The molecule has 142 valence electrons. The Labute approximate surface area is 163 Å². The molecule has 0 saturated carbocycles. The maximum Gasteiger partial charge on any atom is 0.276 e. The van der Waals surface area contributed by atoms with Gasteiger partial charge in [0.2, 0.25) is 5.91 Å². The summed E-state index contributed by atoms with van der Waals surface area (Å²) in [6.07, 6.45) is 3.70. The molecule has 8 heteroatoms. The lowest BCUT2D eigenvalue weighted by Gasteiger charge is -2.10. The molecule has 1 aromatic heterocycles. The number of para-hydroxylation sites is 1. The summed E-state index contributed by atoms with van der Waals surface area (Å²) in [6.45, 7) is 1.13. The van der Waals surface area contributed by atoms with E-state index in [4.69, 9.17) is 17.0 Å². The molecule has 2 heterocycles. The van der Waals surface area contributed by atoms with Crippen LogP contribution in [-0.2, 0) is 20.9 Å². The van der Waals surface area contributed by atoms with Crippen LogP contribution >= 0.6 is 12.2 Å². The van der Waals surface area contributed by atoms with Gasteiger partial charge in [-0.15, -0.1) is 0 Å². The Balaban J connectivity index is 1.94. The molecule has 1 N–H and O–H groups in total. The number of carbonyl (C=O) groups excluding carboxylic acids is 2. The van der Waals surface area contributed by atoms with Gasteiger partial charge in [-0.1, -0.05) is 18.2 Å². The van der Waals surface area contributed by atoms with Crippen molar-refractivity contribution in [2.75, 3.05) is 34.4 Å². The highest BCUT2D eigenvalue weighted by Gasteiger charge is 2.32. The van der Waals surface area contributed by atoms with Gasteiger partial charge < -0.3 is 19.5 Å². The molecule has 0 atom stereocenters. The van der Waals surface area contributed by atoms with Crippen LogP contribution in [-0.4, -0.2) is 65.7 Å². The van der Waals surface area contributed by atoms with Gasteiger partial charge in [0.15, 0.2) is 5.11 Å². The lowest BCUT2D eigenvalue weighted by molar-refractivity contribution is -0.122. The fourth-order valence-electron chi connectivity index (χ4n) is 3.06. The van der Waals surface area contributed by atoms with Crippen LogP contribution in [0.4, 0.5) is 0 Å². The van der Waals surface area contributed by atoms with Crippen LogP contribution in [0.2, 0.25) is 0 Å². The number of hydrogen-bond acceptors (Lipinski definition) is 4. The second kappa shape index (κ2) is 7.89. The summed E-state index contributed by atoms with van der Waals surface area (Å²) >= 11 is 5.27. The van der Waals surface area contributed by atoms with Crippen molar-refractivity contribution in [3.05, 3.63) is 41.7 Å². The summed E-state index contributed by atoms with van der Waals surface area (Å²) in [4.78, 5) is 27.8. The van der Waals surface area contributed by atoms with Crippen molar-refractivity contribution in [2.45, 2.75) is 6.54 Å². The van der Waals surface area contributed by atoms with Crippen LogP contribution < -0.4 is 5.32 Å². The highest BCUT2D eigenvalue weighted by molar-refractivity contribution is 7.80. The zero-order chi connectivity index (χ0) is 19.6. The van der Waals surface area contributed by atoms with Gasteiger partial charge in [0.1, 0.15) is 12.2 Å². The van der Waals surface area contributed by atoms with Crippen molar-refractivity contribution < 1.29 is 14.3 Å². The minimum Gasteiger partial charge on any atom is -0.383 e. The Kier molecular flexibility index (Phi) is 5.57. The smallest absolute Gasteiger partial charge is 0.276 e. The molecule has 0 radical (unpaired) electrons. The van der Waals surface area contributed by atoms with Gasteiger partial charge in [-0.05, 0) is 24.4 Å². The minimum absolute atomic E-state index is 0.0954. The number of fused-ring (bicyclic) bond motifs is 1. The summed E-state index contributed by atoms with van der Waals surface area (Å²) in [5.41, 5.74) is 2.30. The molecule has 3 rings (SSSR count). The standard InChI is InChI=1S/C19H22N4O3S/c1-21-16(18(25)22(2)19(21)27)10-13-11-23(12-17(24)20-8-9-26-3)15-7-5-4-6-14(13)15/h4-7,10-11H,8-9,12H2,1-3H3,(H,20,24)/b16-10-. The number of rotatable bonds is 6. The Bertz CT molecular complexity index is 934. The minimum atomic E-state index is -0.142. The average molecular weight is 386 g/mol. The highest BCUT2D eigenvalue weighted by atomic mass is 32.1. The number of carbonyl (C=O) groups is 2. The number of thiocarbonyl (C=S) groups is 1. The largest absolute Gasteiger partial charge is 0.383 e. The van der Waals surface area contributed by atoms with Crippen molar-refractivity contribution in [1.82, 2.24) is 19.7 Å². The van der Waals surface area contributed by atoms with E-state index >= 15 is 0 Å². The van der Waals surface area contributed by atoms with Crippen molar-refractivity contribution in [3.8, 4) is 0 Å². The second-order valence-corrected chi connectivity index (χ2v) is 6.67. The SMILES string of the molecule is COCCNC(=O)Cn1cc(/C=C2/C(=O)N(C)C(=S)N2C)c2ccccc21. The number of methoxy groups -OCH3 is 1. The quantitative estimate of drug-likeness (QED) is 0.462. The fourth-order valence-corrected chi connectivity index (χ4v) is 3.24. The van der Waals surface area contributed by atoms with Gasteiger partial charge in [-0.2, -0.15) is 0 Å². The molecule has 1 aromatic carbocycles. The molecule has 2 aromatic rings. The van der Waals surface area contributed by atoms with E-state index in [1.165, 1.54) is 4.90 Å². The zero-order valence-corrected chi connectivity index (χ0v) is 16.4. The van der Waals surface area contributed by atoms with Gasteiger partial charge in [0.25, 0.3) is 5.91 Å².